The molecule has 7 nitrogen and oxygen atoms in total. The van der Waals surface area contributed by atoms with Gasteiger partial charge in [-0.2, -0.15) is 13.2 Å². The van der Waals surface area contributed by atoms with Crippen molar-refractivity contribution in [3.8, 4) is 22.6 Å². The van der Waals surface area contributed by atoms with Gasteiger partial charge in [0, 0.05) is 24.5 Å². The smallest absolute Gasteiger partial charge is 0.340 e. The largest absolute Gasteiger partial charge is 0.393 e. The van der Waals surface area contributed by atoms with E-state index in [1.54, 1.807) is 24.7 Å². The van der Waals surface area contributed by atoms with Crippen LogP contribution in [0.25, 0.3) is 22.6 Å². The van der Waals surface area contributed by atoms with E-state index >= 15 is 0 Å². The van der Waals surface area contributed by atoms with Crippen LogP contribution in [0.3, 0.4) is 0 Å². The number of amides is 1. The molecule has 1 saturated heterocycles. The third kappa shape index (κ3) is 5.62. The van der Waals surface area contributed by atoms with Gasteiger partial charge in [-0.3, -0.25) is 9.69 Å². The van der Waals surface area contributed by atoms with Gasteiger partial charge in [-0.25, -0.2) is 15.0 Å². The number of likely N-dealkylation sites (N-methyl/N-ethyl adjacent to an activating group) is 1. The van der Waals surface area contributed by atoms with Gasteiger partial charge in [0.2, 0.25) is 5.91 Å². The minimum atomic E-state index is -4.42. The molecule has 0 radical (unpaired) electrons. The number of aromatic amines is 1. The molecular weight excluding hydrogens is 517 g/mol. The third-order valence-electron chi connectivity index (χ3n) is 7.50. The van der Waals surface area contributed by atoms with Crippen LogP contribution in [0.1, 0.15) is 43.7 Å². The number of hydrogen-bond acceptors (Lipinski definition) is 5. The highest BCUT2D eigenvalue weighted by molar-refractivity contribution is 5.84. The monoisotopic (exact) mass is 548 g/mol. The number of imidazole rings is 1. The molecule has 2 aromatic heterocycles. The van der Waals surface area contributed by atoms with Crippen molar-refractivity contribution in [2.45, 2.75) is 38.5 Å². The molecule has 0 bridgehead atoms. The predicted molar refractivity (Wildman–Crippen MR) is 146 cm³/mol. The first kappa shape index (κ1) is 27.5. The molecule has 4 aromatic rings. The van der Waals surface area contributed by atoms with Gasteiger partial charge < -0.3 is 9.88 Å². The summed E-state index contributed by atoms with van der Waals surface area (Å²) in [5.74, 6) is -1.04. The first-order valence-electron chi connectivity index (χ1n) is 13.4. The molecule has 3 unspecified atom stereocenters. The number of benzene rings is 2. The minimum Gasteiger partial charge on any atom is -0.340 e. The number of alkyl halides is 3. The summed E-state index contributed by atoms with van der Waals surface area (Å²) in [6.07, 6.45) is 0.277. The molecule has 0 spiro atoms. The molecule has 40 heavy (non-hydrogen) atoms. The molecule has 3 atom stereocenters. The highest BCUT2D eigenvalue weighted by Crippen LogP contribution is 2.44. The fourth-order valence-electron chi connectivity index (χ4n) is 5.37. The zero-order valence-electron chi connectivity index (χ0n) is 22.3. The zero-order valence-corrected chi connectivity index (χ0v) is 22.3. The van der Waals surface area contributed by atoms with E-state index in [2.05, 4.69) is 19.9 Å². The summed E-state index contributed by atoms with van der Waals surface area (Å²) in [4.78, 5) is 33.6. The van der Waals surface area contributed by atoms with Gasteiger partial charge in [-0.05, 0) is 36.7 Å². The van der Waals surface area contributed by atoms with Gasteiger partial charge in [0.1, 0.15) is 11.9 Å². The molecule has 1 amide bonds. The van der Waals surface area contributed by atoms with Gasteiger partial charge in [0.25, 0.3) is 0 Å². The van der Waals surface area contributed by atoms with E-state index in [-0.39, 0.29) is 12.3 Å². The van der Waals surface area contributed by atoms with E-state index in [4.69, 9.17) is 0 Å². The lowest BCUT2D eigenvalue weighted by atomic mass is 10.0. The Balaban J connectivity index is 1.45. The average molecular weight is 549 g/mol. The van der Waals surface area contributed by atoms with Crippen molar-refractivity contribution in [3.05, 3.63) is 90.6 Å². The zero-order chi connectivity index (χ0) is 28.3. The number of likely N-dealkylation sites (tertiary alicyclic amines) is 1. The number of rotatable bonds is 8. The van der Waals surface area contributed by atoms with Crippen LogP contribution in [0.15, 0.2) is 79.3 Å². The lowest BCUT2D eigenvalue weighted by Crippen LogP contribution is -2.43. The second-order valence-corrected chi connectivity index (χ2v) is 9.85. The molecule has 1 aliphatic rings. The van der Waals surface area contributed by atoms with Crippen molar-refractivity contribution in [2.24, 2.45) is 5.92 Å². The van der Waals surface area contributed by atoms with E-state index in [9.17, 15) is 18.0 Å². The van der Waals surface area contributed by atoms with E-state index in [1.807, 2.05) is 73.3 Å². The maximum absolute atomic E-state index is 14.1. The lowest BCUT2D eigenvalue weighted by Gasteiger charge is -2.34. The summed E-state index contributed by atoms with van der Waals surface area (Å²) in [6.45, 7) is 4.65. The number of aromatic nitrogens is 4. The number of carbonyl (C=O) groups excluding carboxylic acids is 1. The van der Waals surface area contributed by atoms with Crippen molar-refractivity contribution in [3.63, 3.8) is 0 Å². The summed E-state index contributed by atoms with van der Waals surface area (Å²) in [5.41, 5.74) is 3.06. The van der Waals surface area contributed by atoms with Gasteiger partial charge in [0.15, 0.2) is 5.82 Å². The molecule has 5 rings (SSSR count). The number of halogens is 3. The molecular formula is C30H31F3N6O. The molecule has 0 saturated carbocycles. The lowest BCUT2D eigenvalue weighted by molar-refractivity contribution is -0.171. The molecule has 208 valence electrons. The Hall–Kier alpha value is -4.05. The number of H-pyrrole nitrogens is 1. The Kier molecular flexibility index (Phi) is 7.97. The van der Waals surface area contributed by atoms with Crippen LogP contribution < -0.4 is 0 Å². The average Bonchev–Trinajstić information content (AvgIpc) is 3.65. The first-order valence-corrected chi connectivity index (χ1v) is 13.4. The van der Waals surface area contributed by atoms with Crippen molar-refractivity contribution in [1.29, 1.82) is 0 Å². The van der Waals surface area contributed by atoms with Crippen molar-refractivity contribution in [2.75, 3.05) is 19.6 Å². The maximum atomic E-state index is 14.1. The standard InChI is InChI=1S/C30H31F3N6O/c1-3-38(4-2)26(21-9-6-5-7-10-21)29(40)39-19-23(30(31,32)33)17-25(39)28-36-18-24(37-28)20-11-13-22(14-12-20)27-34-15-8-16-35-27/h5-16,18,23,25-26H,3-4,17,19H2,1-2H3,(H,36,37). The maximum Gasteiger partial charge on any atom is 0.393 e. The third-order valence-corrected chi connectivity index (χ3v) is 7.50. The Morgan fingerprint density at radius 1 is 0.975 bits per heavy atom. The highest BCUT2D eigenvalue weighted by atomic mass is 19.4. The summed E-state index contributed by atoms with van der Waals surface area (Å²) >= 11 is 0. The van der Waals surface area contributed by atoms with E-state index in [1.165, 1.54) is 4.90 Å². The highest BCUT2D eigenvalue weighted by Gasteiger charge is 2.51. The SMILES string of the molecule is CCN(CC)C(C(=O)N1CC(C(F)(F)F)CC1c1ncc(-c2ccc(-c3ncccn3)cc2)[nH]1)c1ccccc1. The number of nitrogens with zero attached hydrogens (tertiary/aromatic N) is 5. The van der Waals surface area contributed by atoms with Crippen molar-refractivity contribution in [1.82, 2.24) is 29.7 Å². The molecule has 1 fully saturated rings. The van der Waals surface area contributed by atoms with Crippen LogP contribution in [0.4, 0.5) is 13.2 Å². The minimum absolute atomic E-state index is 0.244. The van der Waals surface area contributed by atoms with Crippen LogP contribution in [0.5, 0.6) is 0 Å². The Morgan fingerprint density at radius 3 is 2.25 bits per heavy atom. The van der Waals surface area contributed by atoms with Gasteiger partial charge in [-0.1, -0.05) is 68.4 Å². The fourth-order valence-corrected chi connectivity index (χ4v) is 5.37. The molecule has 1 aliphatic heterocycles. The molecule has 10 heteroatoms. The number of hydrogen-bond donors (Lipinski definition) is 1. The van der Waals surface area contributed by atoms with Crippen molar-refractivity contribution < 1.29 is 18.0 Å². The van der Waals surface area contributed by atoms with Crippen LogP contribution in [-0.2, 0) is 4.79 Å². The van der Waals surface area contributed by atoms with E-state index in [0.717, 1.165) is 16.7 Å². The summed E-state index contributed by atoms with van der Waals surface area (Å²) in [6, 6.07) is 17.0. The number of carbonyl (C=O) groups is 1. The normalized spacial score (nSPS) is 18.3. The van der Waals surface area contributed by atoms with Crippen molar-refractivity contribution >= 4 is 5.91 Å². The topological polar surface area (TPSA) is 78.0 Å². The van der Waals surface area contributed by atoms with Gasteiger partial charge >= 0.3 is 6.18 Å². The Morgan fingerprint density at radius 2 is 1.62 bits per heavy atom. The second-order valence-electron chi connectivity index (χ2n) is 9.85. The quantitative estimate of drug-likeness (QED) is 0.289. The molecule has 1 N–H and O–H groups in total. The van der Waals surface area contributed by atoms with Gasteiger partial charge in [-0.15, -0.1) is 0 Å². The Labute approximate surface area is 231 Å². The Bertz CT molecular complexity index is 1400. The van der Waals surface area contributed by atoms with E-state index < -0.39 is 30.7 Å². The molecule has 3 heterocycles. The van der Waals surface area contributed by atoms with Crippen LogP contribution in [-0.4, -0.2) is 61.5 Å². The number of nitrogens with one attached hydrogen (secondary N) is 1. The summed E-state index contributed by atoms with van der Waals surface area (Å²) < 4.78 is 41.9. The van der Waals surface area contributed by atoms with Gasteiger partial charge in [0.05, 0.1) is 23.9 Å². The van der Waals surface area contributed by atoms with E-state index in [0.29, 0.717) is 30.4 Å². The predicted octanol–water partition coefficient (Wildman–Crippen LogP) is 6.07. The first-order chi connectivity index (χ1) is 19.3. The second kappa shape index (κ2) is 11.6. The van der Waals surface area contributed by atoms with Crippen LogP contribution >= 0.6 is 0 Å². The molecule has 0 aliphatic carbocycles. The van der Waals surface area contributed by atoms with Crippen LogP contribution in [0, 0.1) is 5.92 Å². The van der Waals surface area contributed by atoms with Crippen LogP contribution in [0.2, 0.25) is 0 Å². The molecule has 2 aromatic carbocycles. The summed E-state index contributed by atoms with van der Waals surface area (Å²) in [7, 11) is 0. The fraction of sp³-hybridized carbons (Fsp3) is 0.333. The summed E-state index contributed by atoms with van der Waals surface area (Å²) in [5, 5.41) is 0.